The lowest BCUT2D eigenvalue weighted by atomic mass is 9.84. The van der Waals surface area contributed by atoms with Gasteiger partial charge in [-0.05, 0) is 60.7 Å². The highest BCUT2D eigenvalue weighted by Crippen LogP contribution is 2.63. The van der Waals surface area contributed by atoms with Crippen LogP contribution in [-0.2, 0) is 6.54 Å². The number of fused-ring (bicyclic) bond motifs is 1. The fourth-order valence-corrected chi connectivity index (χ4v) is 6.58. The zero-order valence-electron chi connectivity index (χ0n) is 20.9. The first-order valence-corrected chi connectivity index (χ1v) is 12.7. The Labute approximate surface area is 203 Å². The van der Waals surface area contributed by atoms with Crippen LogP contribution in [0.15, 0.2) is 72.8 Å². The molecule has 1 saturated heterocycles. The molecule has 3 aromatic rings. The number of piperidine rings is 1. The summed E-state index contributed by atoms with van der Waals surface area (Å²) in [5.74, 6) is 1.25. The van der Waals surface area contributed by atoms with E-state index in [4.69, 9.17) is 0 Å². The van der Waals surface area contributed by atoms with E-state index >= 15 is 0 Å². The third-order valence-electron chi connectivity index (χ3n) is 8.75. The van der Waals surface area contributed by atoms with Gasteiger partial charge in [-0.25, -0.2) is 4.79 Å². The molecular weight excluding hydrogens is 418 g/mol. The maximum Gasteiger partial charge on any atom is 0.318 e. The van der Waals surface area contributed by atoms with E-state index in [9.17, 15) is 4.79 Å². The smallest absolute Gasteiger partial charge is 0.318 e. The molecule has 2 aliphatic rings. The number of amides is 2. The Morgan fingerprint density at radius 1 is 1.03 bits per heavy atom. The number of urea groups is 1. The summed E-state index contributed by atoms with van der Waals surface area (Å²) in [5, 5.41) is 5.79. The summed E-state index contributed by atoms with van der Waals surface area (Å²) in [7, 11) is 2.22. The topological polar surface area (TPSA) is 35.6 Å². The third-order valence-corrected chi connectivity index (χ3v) is 8.75. The molecule has 1 aliphatic heterocycles. The summed E-state index contributed by atoms with van der Waals surface area (Å²) < 4.78 is 0. The second-order valence-electron chi connectivity index (χ2n) is 10.6. The minimum Gasteiger partial charge on any atom is -0.331 e. The van der Waals surface area contributed by atoms with Crippen molar-refractivity contribution in [3.8, 4) is 0 Å². The SMILES string of the molecule is CC(NC(=O)N(Cc1ccccc1)C1CCN(C)CC12C(C)C2C)c1cccc2ccccc12. The van der Waals surface area contributed by atoms with Gasteiger partial charge in [0, 0.05) is 24.5 Å². The molecule has 2 fully saturated rings. The Kier molecular flexibility index (Phi) is 6.11. The van der Waals surface area contributed by atoms with Gasteiger partial charge in [-0.2, -0.15) is 0 Å². The maximum absolute atomic E-state index is 14.0. The normalized spacial score (nSPS) is 27.5. The first kappa shape index (κ1) is 22.9. The third kappa shape index (κ3) is 3.98. The molecule has 0 radical (unpaired) electrons. The zero-order valence-corrected chi connectivity index (χ0v) is 20.9. The van der Waals surface area contributed by atoms with Gasteiger partial charge in [0.15, 0.2) is 0 Å². The van der Waals surface area contributed by atoms with Crippen LogP contribution in [-0.4, -0.2) is 42.0 Å². The van der Waals surface area contributed by atoms with Gasteiger partial charge in [0.05, 0.1) is 6.04 Å². The van der Waals surface area contributed by atoms with Crippen molar-refractivity contribution in [1.29, 1.82) is 0 Å². The van der Waals surface area contributed by atoms with E-state index < -0.39 is 0 Å². The molecule has 1 spiro atoms. The molecule has 1 saturated carbocycles. The molecule has 178 valence electrons. The number of rotatable bonds is 5. The average Bonchev–Trinajstić information content (AvgIpc) is 3.35. The number of hydrogen-bond donors (Lipinski definition) is 1. The molecule has 5 rings (SSSR count). The second kappa shape index (κ2) is 9.07. The summed E-state index contributed by atoms with van der Waals surface area (Å²) in [6.45, 7) is 9.58. The lowest BCUT2D eigenvalue weighted by Crippen LogP contribution is -2.56. The Morgan fingerprint density at radius 2 is 1.71 bits per heavy atom. The molecule has 1 N–H and O–H groups in total. The Hall–Kier alpha value is -2.85. The van der Waals surface area contributed by atoms with Gasteiger partial charge in [-0.3, -0.25) is 0 Å². The lowest BCUT2D eigenvalue weighted by Gasteiger charge is -2.45. The van der Waals surface area contributed by atoms with E-state index in [1.54, 1.807) is 0 Å². The highest BCUT2D eigenvalue weighted by molar-refractivity contribution is 5.86. The molecule has 0 aromatic heterocycles. The van der Waals surface area contributed by atoms with Gasteiger partial charge in [-0.15, -0.1) is 0 Å². The zero-order chi connectivity index (χ0) is 23.9. The molecule has 4 heteroatoms. The van der Waals surface area contributed by atoms with Crippen molar-refractivity contribution in [3.63, 3.8) is 0 Å². The quantitative estimate of drug-likeness (QED) is 0.505. The van der Waals surface area contributed by atoms with Crippen LogP contribution in [0.2, 0.25) is 0 Å². The van der Waals surface area contributed by atoms with Crippen LogP contribution in [0.25, 0.3) is 10.8 Å². The molecule has 4 unspecified atom stereocenters. The van der Waals surface area contributed by atoms with E-state index in [0.29, 0.717) is 18.4 Å². The first-order valence-electron chi connectivity index (χ1n) is 12.7. The van der Waals surface area contributed by atoms with Crippen molar-refractivity contribution in [2.45, 2.75) is 45.8 Å². The van der Waals surface area contributed by atoms with Crippen molar-refractivity contribution in [2.75, 3.05) is 20.1 Å². The summed E-state index contributed by atoms with van der Waals surface area (Å²) in [6.07, 6.45) is 1.02. The molecule has 4 nitrogen and oxygen atoms in total. The summed E-state index contributed by atoms with van der Waals surface area (Å²) in [5.41, 5.74) is 2.53. The van der Waals surface area contributed by atoms with Gasteiger partial charge < -0.3 is 15.1 Å². The van der Waals surface area contributed by atoms with Crippen molar-refractivity contribution >= 4 is 16.8 Å². The Bertz CT molecular complexity index is 1150. The monoisotopic (exact) mass is 455 g/mol. The summed E-state index contributed by atoms with van der Waals surface area (Å²) in [6, 6.07) is 25.4. The van der Waals surface area contributed by atoms with Gasteiger partial charge in [0.1, 0.15) is 0 Å². The van der Waals surface area contributed by atoms with Crippen LogP contribution in [0.4, 0.5) is 4.79 Å². The lowest BCUT2D eigenvalue weighted by molar-refractivity contribution is 0.0535. The fourth-order valence-electron chi connectivity index (χ4n) is 6.58. The van der Waals surface area contributed by atoms with E-state index in [0.717, 1.165) is 25.1 Å². The molecule has 3 aromatic carbocycles. The Balaban J connectivity index is 1.45. The van der Waals surface area contributed by atoms with Crippen molar-refractivity contribution in [3.05, 3.63) is 83.9 Å². The number of likely N-dealkylation sites (tertiary alicyclic amines) is 1. The minimum atomic E-state index is -0.0758. The fraction of sp³-hybridized carbons (Fsp3) is 0.433. The first-order chi connectivity index (χ1) is 16.4. The van der Waals surface area contributed by atoms with Crippen LogP contribution in [0, 0.1) is 17.3 Å². The van der Waals surface area contributed by atoms with Crippen LogP contribution in [0.3, 0.4) is 0 Å². The number of hydrogen-bond acceptors (Lipinski definition) is 2. The van der Waals surface area contributed by atoms with E-state index in [-0.39, 0.29) is 23.5 Å². The highest BCUT2D eigenvalue weighted by Gasteiger charge is 2.66. The van der Waals surface area contributed by atoms with Gasteiger partial charge in [0.25, 0.3) is 0 Å². The van der Waals surface area contributed by atoms with E-state index in [1.165, 1.54) is 16.3 Å². The second-order valence-corrected chi connectivity index (χ2v) is 10.6. The molecule has 1 heterocycles. The van der Waals surface area contributed by atoms with Crippen LogP contribution >= 0.6 is 0 Å². The van der Waals surface area contributed by atoms with Gasteiger partial charge >= 0.3 is 6.03 Å². The molecule has 34 heavy (non-hydrogen) atoms. The van der Waals surface area contributed by atoms with Crippen LogP contribution in [0.5, 0.6) is 0 Å². The van der Waals surface area contributed by atoms with Crippen molar-refractivity contribution < 1.29 is 4.79 Å². The van der Waals surface area contributed by atoms with Gasteiger partial charge in [-0.1, -0.05) is 86.6 Å². The number of nitrogens with one attached hydrogen (secondary N) is 1. The molecule has 2 amide bonds. The Morgan fingerprint density at radius 3 is 2.44 bits per heavy atom. The van der Waals surface area contributed by atoms with Crippen molar-refractivity contribution in [1.82, 2.24) is 15.1 Å². The largest absolute Gasteiger partial charge is 0.331 e. The number of nitrogens with zero attached hydrogens (tertiary/aromatic N) is 2. The maximum atomic E-state index is 14.0. The van der Waals surface area contributed by atoms with Gasteiger partial charge in [0.2, 0.25) is 0 Å². The predicted molar refractivity (Wildman–Crippen MR) is 140 cm³/mol. The number of carbonyl (C=O) groups is 1. The highest BCUT2D eigenvalue weighted by atomic mass is 16.2. The van der Waals surface area contributed by atoms with Crippen LogP contribution < -0.4 is 5.32 Å². The van der Waals surface area contributed by atoms with Crippen molar-refractivity contribution in [2.24, 2.45) is 17.3 Å². The molecule has 1 aliphatic carbocycles. The number of benzene rings is 3. The molecule has 0 bridgehead atoms. The summed E-state index contributed by atoms with van der Waals surface area (Å²) >= 11 is 0. The van der Waals surface area contributed by atoms with Crippen LogP contribution in [0.1, 0.15) is 44.4 Å². The molecular formula is C30H37N3O. The number of carbonyl (C=O) groups excluding carboxylic acids is 1. The van der Waals surface area contributed by atoms with E-state index in [1.807, 2.05) is 6.07 Å². The standard InChI is InChI=1S/C30H37N3O/c1-21-22(2)30(21)20-32(4)18-17-28(30)33(19-24-11-6-5-7-12-24)29(34)31-23(3)26-16-10-14-25-13-8-9-15-27(25)26/h5-16,21-23,28H,17-20H2,1-4H3,(H,31,34). The molecule has 4 atom stereocenters. The minimum absolute atomic E-state index is 0.0458. The predicted octanol–water partition coefficient (Wildman–Crippen LogP) is 6.09. The van der Waals surface area contributed by atoms with E-state index in [2.05, 4.69) is 110 Å². The summed E-state index contributed by atoms with van der Waals surface area (Å²) in [4.78, 5) is 18.6. The average molecular weight is 456 g/mol.